The molecule has 0 amide bonds. The second kappa shape index (κ2) is 7.70. The van der Waals surface area contributed by atoms with Gasteiger partial charge < -0.3 is 14.3 Å². The highest BCUT2D eigenvalue weighted by molar-refractivity contribution is 6.27. The van der Waals surface area contributed by atoms with Gasteiger partial charge in [0.25, 0.3) is 0 Å². The van der Waals surface area contributed by atoms with Crippen LogP contribution < -0.4 is 5.63 Å². The molecule has 0 radical (unpaired) electrons. The lowest BCUT2D eigenvalue weighted by Gasteiger charge is -2.07. The number of phenols is 1. The molecule has 3 aromatic rings. The number of hydrogen-bond donors (Lipinski definition) is 1. The molecule has 0 saturated carbocycles. The Hall–Kier alpha value is -3.67. The van der Waals surface area contributed by atoms with Crippen LogP contribution in [0.1, 0.15) is 22.8 Å². The number of hydrogen-bond acceptors (Lipinski definition) is 6. The molecular formula is C21H16O6. The third-order valence-corrected chi connectivity index (χ3v) is 3.81. The zero-order valence-electron chi connectivity index (χ0n) is 14.5. The van der Waals surface area contributed by atoms with Gasteiger partial charge in [0.05, 0.1) is 6.61 Å². The molecule has 1 heterocycles. The maximum atomic E-state index is 12.9. The van der Waals surface area contributed by atoms with Crippen LogP contribution in [-0.4, -0.2) is 23.5 Å². The minimum absolute atomic E-state index is 0.0686. The van der Waals surface area contributed by atoms with Gasteiger partial charge in [-0.25, -0.2) is 9.59 Å². The van der Waals surface area contributed by atoms with Gasteiger partial charge in [-0.1, -0.05) is 30.3 Å². The number of rotatable bonds is 5. The molecular weight excluding hydrogens is 348 g/mol. The number of fused-ring (bicyclic) bond motifs is 1. The lowest BCUT2D eigenvalue weighted by Crippen LogP contribution is -2.21. The van der Waals surface area contributed by atoms with Crippen molar-refractivity contribution < 1.29 is 23.8 Å². The van der Waals surface area contributed by atoms with Crippen LogP contribution in [-0.2, 0) is 9.53 Å². The maximum Gasteiger partial charge on any atom is 0.347 e. The quantitative estimate of drug-likeness (QED) is 0.186. The largest absolute Gasteiger partial charge is 0.508 e. The zero-order chi connectivity index (χ0) is 19.4. The minimum Gasteiger partial charge on any atom is -0.508 e. The van der Waals surface area contributed by atoms with Crippen molar-refractivity contribution in [1.29, 1.82) is 0 Å². The monoisotopic (exact) mass is 364 g/mol. The van der Waals surface area contributed by atoms with Crippen molar-refractivity contribution in [3.05, 3.63) is 81.7 Å². The summed E-state index contributed by atoms with van der Waals surface area (Å²) in [6.07, 6.45) is 1.38. The van der Waals surface area contributed by atoms with Gasteiger partial charge in [-0.05, 0) is 36.8 Å². The number of phenolic OH excluding ortho intramolecular Hbond substituents is 1. The predicted octanol–water partition coefficient (Wildman–Crippen LogP) is 3.33. The first-order valence-corrected chi connectivity index (χ1v) is 8.25. The number of ether oxygens (including phenoxy) is 1. The Bertz CT molecular complexity index is 1090. The van der Waals surface area contributed by atoms with Gasteiger partial charge in [-0.2, -0.15) is 0 Å². The van der Waals surface area contributed by atoms with Gasteiger partial charge in [-0.3, -0.25) is 4.79 Å². The van der Waals surface area contributed by atoms with E-state index in [1.165, 1.54) is 30.3 Å². The first kappa shape index (κ1) is 18.1. The number of aromatic hydroxyl groups is 1. The Morgan fingerprint density at radius 3 is 2.56 bits per heavy atom. The summed E-state index contributed by atoms with van der Waals surface area (Å²) in [5.74, 6) is -1.68. The fourth-order valence-electron chi connectivity index (χ4n) is 2.55. The average molecular weight is 364 g/mol. The van der Waals surface area contributed by atoms with E-state index in [-0.39, 0.29) is 29.1 Å². The summed E-state index contributed by atoms with van der Waals surface area (Å²) in [4.78, 5) is 37.5. The van der Waals surface area contributed by atoms with E-state index >= 15 is 0 Å². The Morgan fingerprint density at radius 2 is 1.85 bits per heavy atom. The molecule has 2 aromatic carbocycles. The van der Waals surface area contributed by atoms with Crippen LogP contribution >= 0.6 is 0 Å². The molecule has 0 spiro atoms. The molecule has 136 valence electrons. The number of carbonyl (C=O) groups excluding carboxylic acids is 2. The molecule has 1 aromatic heterocycles. The third-order valence-electron chi connectivity index (χ3n) is 3.81. The van der Waals surface area contributed by atoms with Crippen LogP contribution in [0, 0.1) is 0 Å². The average Bonchev–Trinajstić information content (AvgIpc) is 2.66. The highest BCUT2D eigenvalue weighted by atomic mass is 16.5. The van der Waals surface area contributed by atoms with Crippen molar-refractivity contribution >= 4 is 28.8 Å². The van der Waals surface area contributed by atoms with Crippen molar-refractivity contribution in [3.8, 4) is 5.75 Å². The molecule has 6 nitrogen and oxygen atoms in total. The van der Waals surface area contributed by atoms with Gasteiger partial charge in [0.1, 0.15) is 22.5 Å². The molecule has 0 aliphatic rings. The fraction of sp³-hybridized carbons (Fsp3) is 0.0952. The molecule has 0 aliphatic heterocycles. The molecule has 0 saturated heterocycles. The summed E-state index contributed by atoms with van der Waals surface area (Å²) in [6, 6.07) is 14.3. The number of esters is 1. The van der Waals surface area contributed by atoms with Crippen molar-refractivity contribution in [2.45, 2.75) is 6.92 Å². The van der Waals surface area contributed by atoms with E-state index in [0.29, 0.717) is 10.9 Å². The van der Waals surface area contributed by atoms with E-state index in [4.69, 9.17) is 9.15 Å². The lowest BCUT2D eigenvalue weighted by atomic mass is 10.0. The van der Waals surface area contributed by atoms with E-state index < -0.39 is 17.4 Å². The molecule has 27 heavy (non-hydrogen) atoms. The molecule has 0 aliphatic carbocycles. The summed E-state index contributed by atoms with van der Waals surface area (Å²) in [7, 11) is 0. The second-order valence-electron chi connectivity index (χ2n) is 5.69. The Balaban J connectivity index is 2.11. The predicted molar refractivity (Wildman–Crippen MR) is 99.5 cm³/mol. The van der Waals surface area contributed by atoms with Crippen LogP contribution in [0.4, 0.5) is 0 Å². The van der Waals surface area contributed by atoms with E-state index in [0.717, 1.165) is 0 Å². The second-order valence-corrected chi connectivity index (χ2v) is 5.69. The third kappa shape index (κ3) is 3.95. The summed E-state index contributed by atoms with van der Waals surface area (Å²) in [5.41, 5.74) is -0.705. The Kier molecular flexibility index (Phi) is 5.17. The van der Waals surface area contributed by atoms with Crippen molar-refractivity contribution in [1.82, 2.24) is 0 Å². The summed E-state index contributed by atoms with van der Waals surface area (Å²) < 4.78 is 10.1. The molecule has 0 unspecified atom stereocenters. The highest BCUT2D eigenvalue weighted by Crippen LogP contribution is 2.21. The van der Waals surface area contributed by atoms with Gasteiger partial charge in [0, 0.05) is 11.5 Å². The van der Waals surface area contributed by atoms with Crippen molar-refractivity contribution in [2.75, 3.05) is 6.61 Å². The molecule has 1 N–H and O–H groups in total. The van der Waals surface area contributed by atoms with E-state index in [1.807, 2.05) is 0 Å². The molecule has 0 fully saturated rings. The van der Waals surface area contributed by atoms with Crippen LogP contribution in [0.3, 0.4) is 0 Å². The van der Waals surface area contributed by atoms with Gasteiger partial charge in [0.2, 0.25) is 5.78 Å². The van der Waals surface area contributed by atoms with Crippen molar-refractivity contribution in [2.24, 2.45) is 0 Å². The van der Waals surface area contributed by atoms with E-state index in [2.05, 4.69) is 0 Å². The highest BCUT2D eigenvalue weighted by Gasteiger charge is 2.25. The number of carbonyl (C=O) groups is 2. The van der Waals surface area contributed by atoms with Crippen LogP contribution in [0.25, 0.3) is 17.0 Å². The zero-order valence-corrected chi connectivity index (χ0v) is 14.5. The normalized spacial score (nSPS) is 11.4. The van der Waals surface area contributed by atoms with E-state index in [1.54, 1.807) is 37.3 Å². The van der Waals surface area contributed by atoms with Crippen molar-refractivity contribution in [3.63, 3.8) is 0 Å². The smallest absolute Gasteiger partial charge is 0.347 e. The standard InChI is InChI=1S/C21H16O6/c1-2-26-20(24)16(10-13-6-4-3-5-7-13)19(23)17-11-14-8-9-15(22)12-18(14)27-21(17)25/h3-12,22H,2H2,1H3. The Morgan fingerprint density at radius 1 is 1.11 bits per heavy atom. The Labute approximate surface area is 154 Å². The fourth-order valence-corrected chi connectivity index (χ4v) is 2.55. The number of benzene rings is 2. The molecule has 3 rings (SSSR count). The molecule has 0 bridgehead atoms. The summed E-state index contributed by atoms with van der Waals surface area (Å²) in [6.45, 7) is 1.71. The summed E-state index contributed by atoms with van der Waals surface area (Å²) in [5, 5.41) is 9.93. The lowest BCUT2D eigenvalue weighted by molar-refractivity contribution is -0.137. The van der Waals surface area contributed by atoms with Crippen LogP contribution in [0.2, 0.25) is 0 Å². The number of ketones is 1. The molecule has 6 heteroatoms. The summed E-state index contributed by atoms with van der Waals surface area (Å²) >= 11 is 0. The van der Waals surface area contributed by atoms with Gasteiger partial charge >= 0.3 is 11.6 Å². The van der Waals surface area contributed by atoms with Gasteiger partial charge in [-0.15, -0.1) is 0 Å². The van der Waals surface area contributed by atoms with Crippen LogP contribution in [0.5, 0.6) is 5.75 Å². The SMILES string of the molecule is CCOC(=O)C(=Cc1ccccc1)C(=O)c1cc2ccc(O)cc2oc1=O. The minimum atomic E-state index is -0.902. The first-order valence-electron chi connectivity index (χ1n) is 8.25. The van der Waals surface area contributed by atoms with E-state index in [9.17, 15) is 19.5 Å². The topological polar surface area (TPSA) is 93.8 Å². The number of Topliss-reactive ketones (excluding diaryl/α,β-unsaturated/α-hetero) is 1. The van der Waals surface area contributed by atoms with Crippen LogP contribution in [0.15, 0.2) is 69.4 Å². The first-order chi connectivity index (χ1) is 13.0. The van der Waals surface area contributed by atoms with Gasteiger partial charge in [0.15, 0.2) is 0 Å². The molecule has 0 atom stereocenters. The maximum absolute atomic E-state index is 12.9.